The third-order valence-electron chi connectivity index (χ3n) is 2.20. The van der Waals surface area contributed by atoms with Gasteiger partial charge >= 0.3 is 0 Å². The lowest BCUT2D eigenvalue weighted by Gasteiger charge is -2.23. The van der Waals surface area contributed by atoms with E-state index >= 15 is 0 Å². The molecule has 72 valence electrons. The second-order valence-electron chi connectivity index (χ2n) is 3.59. The van der Waals surface area contributed by atoms with Gasteiger partial charge in [-0.25, -0.2) is 0 Å². The first-order valence-electron chi connectivity index (χ1n) is 4.77. The van der Waals surface area contributed by atoms with Gasteiger partial charge in [0.05, 0.1) is 0 Å². The third-order valence-corrected chi connectivity index (χ3v) is 2.20. The maximum atomic E-state index is 10.8. The van der Waals surface area contributed by atoms with Crippen molar-refractivity contribution in [2.75, 3.05) is 13.6 Å². The van der Waals surface area contributed by atoms with Gasteiger partial charge in [0.1, 0.15) is 5.78 Å². The highest BCUT2D eigenvalue weighted by Gasteiger charge is 2.09. The van der Waals surface area contributed by atoms with Gasteiger partial charge < -0.3 is 4.90 Å². The Morgan fingerprint density at radius 1 is 1.50 bits per heavy atom. The molecule has 1 unspecified atom stereocenters. The Bertz CT molecular complexity index is 134. The lowest BCUT2D eigenvalue weighted by Crippen LogP contribution is -2.31. The molecule has 12 heavy (non-hydrogen) atoms. The van der Waals surface area contributed by atoms with Crippen LogP contribution >= 0.6 is 0 Å². The highest BCUT2D eigenvalue weighted by Crippen LogP contribution is 2.03. The van der Waals surface area contributed by atoms with Crippen molar-refractivity contribution in [2.24, 2.45) is 0 Å². The number of hydrogen-bond donors (Lipinski definition) is 0. The molecule has 1 atom stereocenters. The SMILES string of the molecule is CCCCN(C)C(C)CC(C)=O. The van der Waals surface area contributed by atoms with Crippen LogP contribution in [0.4, 0.5) is 0 Å². The van der Waals surface area contributed by atoms with Crippen LogP contribution in [0.5, 0.6) is 0 Å². The molecule has 0 radical (unpaired) electrons. The van der Waals surface area contributed by atoms with Crippen molar-refractivity contribution >= 4 is 5.78 Å². The molecule has 0 aliphatic carbocycles. The Hall–Kier alpha value is -0.370. The normalized spacial score (nSPS) is 13.4. The molecule has 0 bridgehead atoms. The minimum absolute atomic E-state index is 0.283. The van der Waals surface area contributed by atoms with Crippen molar-refractivity contribution < 1.29 is 4.79 Å². The van der Waals surface area contributed by atoms with Crippen molar-refractivity contribution in [3.05, 3.63) is 0 Å². The Balaban J connectivity index is 3.60. The van der Waals surface area contributed by atoms with Crippen LogP contribution in [0.2, 0.25) is 0 Å². The van der Waals surface area contributed by atoms with E-state index in [0.717, 1.165) is 6.54 Å². The van der Waals surface area contributed by atoms with E-state index in [9.17, 15) is 4.79 Å². The molecule has 0 heterocycles. The van der Waals surface area contributed by atoms with E-state index in [4.69, 9.17) is 0 Å². The standard InChI is InChI=1S/C10H21NO/c1-5-6-7-11(4)9(2)8-10(3)12/h9H,5-8H2,1-4H3. The molecule has 0 aliphatic heterocycles. The van der Waals surface area contributed by atoms with E-state index in [1.54, 1.807) is 6.92 Å². The van der Waals surface area contributed by atoms with Gasteiger partial charge in [-0.1, -0.05) is 13.3 Å². The summed E-state index contributed by atoms with van der Waals surface area (Å²) in [6.07, 6.45) is 3.12. The van der Waals surface area contributed by atoms with Crippen LogP contribution in [-0.4, -0.2) is 30.3 Å². The molecular weight excluding hydrogens is 150 g/mol. The number of Topliss-reactive ketones (excluding diaryl/α,β-unsaturated/α-hetero) is 1. The second kappa shape index (κ2) is 6.18. The maximum Gasteiger partial charge on any atom is 0.131 e. The van der Waals surface area contributed by atoms with Crippen LogP contribution in [-0.2, 0) is 4.79 Å². The zero-order chi connectivity index (χ0) is 9.56. The summed E-state index contributed by atoms with van der Waals surface area (Å²) in [6.45, 7) is 7.05. The Morgan fingerprint density at radius 2 is 2.08 bits per heavy atom. The maximum absolute atomic E-state index is 10.8. The van der Waals surface area contributed by atoms with Crippen LogP contribution in [0.25, 0.3) is 0 Å². The topological polar surface area (TPSA) is 20.3 Å². The molecule has 0 spiro atoms. The minimum Gasteiger partial charge on any atom is -0.303 e. The summed E-state index contributed by atoms with van der Waals surface area (Å²) in [5.41, 5.74) is 0. The number of carbonyl (C=O) groups is 1. The quantitative estimate of drug-likeness (QED) is 0.610. The summed E-state index contributed by atoms with van der Waals surface area (Å²) in [6, 6.07) is 0.397. The molecule has 0 aromatic carbocycles. The van der Waals surface area contributed by atoms with Gasteiger partial charge in [0.25, 0.3) is 0 Å². The van der Waals surface area contributed by atoms with E-state index in [1.807, 2.05) is 0 Å². The molecule has 0 saturated heterocycles. The van der Waals surface area contributed by atoms with Gasteiger partial charge in [0.2, 0.25) is 0 Å². The lowest BCUT2D eigenvalue weighted by molar-refractivity contribution is -0.118. The van der Waals surface area contributed by atoms with Crippen LogP contribution in [0.3, 0.4) is 0 Å². The number of ketones is 1. The Kier molecular flexibility index (Phi) is 5.99. The van der Waals surface area contributed by atoms with Gasteiger partial charge in [-0.15, -0.1) is 0 Å². The summed E-state index contributed by atoms with van der Waals surface area (Å²) in [7, 11) is 2.09. The van der Waals surface area contributed by atoms with Crippen molar-refractivity contribution in [2.45, 2.75) is 46.1 Å². The summed E-state index contributed by atoms with van der Waals surface area (Å²) in [5, 5.41) is 0. The summed E-state index contributed by atoms with van der Waals surface area (Å²) in [5.74, 6) is 0.283. The first-order chi connectivity index (χ1) is 5.57. The largest absolute Gasteiger partial charge is 0.303 e. The van der Waals surface area contributed by atoms with Crippen molar-refractivity contribution in [3.8, 4) is 0 Å². The molecule has 0 amide bonds. The minimum atomic E-state index is 0.283. The molecule has 0 aliphatic rings. The molecule has 0 aromatic heterocycles. The molecule has 0 N–H and O–H groups in total. The van der Waals surface area contributed by atoms with Gasteiger partial charge in [0.15, 0.2) is 0 Å². The van der Waals surface area contributed by atoms with Crippen LogP contribution in [0, 0.1) is 0 Å². The first kappa shape index (κ1) is 11.6. The van der Waals surface area contributed by atoms with Gasteiger partial charge in [-0.3, -0.25) is 4.79 Å². The molecule has 0 rings (SSSR count). The lowest BCUT2D eigenvalue weighted by atomic mass is 10.1. The zero-order valence-electron chi connectivity index (χ0n) is 8.76. The van der Waals surface area contributed by atoms with Crippen LogP contribution in [0.15, 0.2) is 0 Å². The number of carbonyl (C=O) groups excluding carboxylic acids is 1. The Labute approximate surface area is 75.9 Å². The molecule has 0 saturated carbocycles. The average molecular weight is 171 g/mol. The molecular formula is C10H21NO. The van der Waals surface area contributed by atoms with Crippen molar-refractivity contribution in [1.82, 2.24) is 4.90 Å². The van der Waals surface area contributed by atoms with E-state index in [2.05, 4.69) is 25.8 Å². The Morgan fingerprint density at radius 3 is 2.50 bits per heavy atom. The fourth-order valence-corrected chi connectivity index (χ4v) is 1.20. The molecule has 0 aromatic rings. The fourth-order valence-electron chi connectivity index (χ4n) is 1.20. The predicted molar refractivity (Wildman–Crippen MR) is 52.3 cm³/mol. The van der Waals surface area contributed by atoms with Crippen LogP contribution < -0.4 is 0 Å². The average Bonchev–Trinajstić information content (AvgIpc) is 1.98. The summed E-state index contributed by atoms with van der Waals surface area (Å²) < 4.78 is 0. The van der Waals surface area contributed by atoms with Crippen molar-refractivity contribution in [1.29, 1.82) is 0 Å². The highest BCUT2D eigenvalue weighted by atomic mass is 16.1. The second-order valence-corrected chi connectivity index (χ2v) is 3.59. The first-order valence-corrected chi connectivity index (χ1v) is 4.77. The fraction of sp³-hybridized carbons (Fsp3) is 0.900. The van der Waals surface area contributed by atoms with E-state index in [0.29, 0.717) is 12.5 Å². The summed E-state index contributed by atoms with van der Waals surface area (Å²) in [4.78, 5) is 13.1. The zero-order valence-corrected chi connectivity index (χ0v) is 8.76. The number of unbranched alkanes of at least 4 members (excludes halogenated alkanes) is 1. The molecule has 2 nitrogen and oxygen atoms in total. The molecule has 0 fully saturated rings. The van der Waals surface area contributed by atoms with Crippen molar-refractivity contribution in [3.63, 3.8) is 0 Å². The van der Waals surface area contributed by atoms with Crippen LogP contribution in [0.1, 0.15) is 40.0 Å². The predicted octanol–water partition coefficient (Wildman–Crippen LogP) is 2.09. The highest BCUT2D eigenvalue weighted by molar-refractivity contribution is 5.76. The van der Waals surface area contributed by atoms with E-state index < -0.39 is 0 Å². The number of nitrogens with zero attached hydrogens (tertiary/aromatic N) is 1. The number of rotatable bonds is 6. The monoisotopic (exact) mass is 171 g/mol. The molecule has 2 heteroatoms. The van der Waals surface area contributed by atoms with E-state index in [-0.39, 0.29) is 5.78 Å². The summed E-state index contributed by atoms with van der Waals surface area (Å²) >= 11 is 0. The van der Waals surface area contributed by atoms with Gasteiger partial charge in [-0.05, 0) is 33.9 Å². The van der Waals surface area contributed by atoms with Gasteiger partial charge in [0, 0.05) is 12.5 Å². The smallest absolute Gasteiger partial charge is 0.131 e. The third kappa shape index (κ3) is 5.30. The van der Waals surface area contributed by atoms with Gasteiger partial charge in [-0.2, -0.15) is 0 Å². The van der Waals surface area contributed by atoms with E-state index in [1.165, 1.54) is 12.8 Å². The number of hydrogen-bond acceptors (Lipinski definition) is 2.